The highest BCUT2D eigenvalue weighted by Crippen LogP contribution is 2.14. The molecule has 0 aliphatic rings. The maximum Gasteiger partial charge on any atom is 0.255 e. The fraction of sp³-hybridized carbons (Fsp3) is 0. The van der Waals surface area contributed by atoms with Crippen molar-refractivity contribution in [2.45, 2.75) is 4.90 Å². The molecule has 0 atom stereocenters. The Balaban J connectivity index is 2.14. The first-order valence-electron chi connectivity index (χ1n) is 5.01. The Hall–Kier alpha value is -1.81. The summed E-state index contributed by atoms with van der Waals surface area (Å²) in [6, 6.07) is 12.5. The van der Waals surface area contributed by atoms with Crippen LogP contribution in [0.15, 0.2) is 53.4 Å². The second kappa shape index (κ2) is 5.01. The molecule has 86 valence electrons. The van der Waals surface area contributed by atoms with Crippen molar-refractivity contribution in [3.63, 3.8) is 0 Å². The van der Waals surface area contributed by atoms with Crippen molar-refractivity contribution in [2.24, 2.45) is 0 Å². The average Bonchev–Trinajstić information content (AvgIpc) is 2.29. The van der Waals surface area contributed by atoms with Crippen molar-refractivity contribution in [2.75, 3.05) is 5.32 Å². The number of hydrogen-bond donors (Lipinski definition) is 2. The van der Waals surface area contributed by atoms with Gasteiger partial charge in [0.25, 0.3) is 5.91 Å². The zero-order valence-electron chi connectivity index (χ0n) is 8.85. The van der Waals surface area contributed by atoms with Crippen LogP contribution in [0.5, 0.6) is 0 Å². The number of carbonyl (C=O) groups is 1. The summed E-state index contributed by atoms with van der Waals surface area (Å²) in [5.74, 6) is -0.636. The maximum atomic E-state index is 12.7. The molecular formula is C13H10FNOS. The lowest BCUT2D eigenvalue weighted by Crippen LogP contribution is -2.11. The van der Waals surface area contributed by atoms with Crippen molar-refractivity contribution < 1.29 is 9.18 Å². The van der Waals surface area contributed by atoms with E-state index in [1.807, 2.05) is 6.07 Å². The molecule has 0 spiro atoms. The van der Waals surface area contributed by atoms with E-state index in [2.05, 4.69) is 17.9 Å². The topological polar surface area (TPSA) is 29.1 Å². The van der Waals surface area contributed by atoms with Gasteiger partial charge in [0.05, 0.1) is 0 Å². The molecular weight excluding hydrogens is 237 g/mol. The number of nitrogens with one attached hydrogen (secondary N) is 1. The van der Waals surface area contributed by atoms with E-state index in [0.29, 0.717) is 11.3 Å². The standard InChI is InChI=1S/C13H10FNOS/c14-10-6-4-9(5-7-10)13(16)15-11-2-1-3-12(17)8-11/h1-8,17H,(H,15,16). The number of anilines is 1. The van der Waals surface area contributed by atoms with Crippen molar-refractivity contribution in [1.82, 2.24) is 0 Å². The van der Waals surface area contributed by atoms with Crippen LogP contribution in [0.2, 0.25) is 0 Å². The second-order valence-corrected chi connectivity index (χ2v) is 4.03. The van der Waals surface area contributed by atoms with Gasteiger partial charge in [-0.05, 0) is 42.5 Å². The Morgan fingerprint density at radius 2 is 1.82 bits per heavy atom. The predicted octanol–water partition coefficient (Wildman–Crippen LogP) is 3.37. The minimum Gasteiger partial charge on any atom is -0.322 e. The van der Waals surface area contributed by atoms with E-state index in [4.69, 9.17) is 0 Å². The van der Waals surface area contributed by atoms with E-state index in [9.17, 15) is 9.18 Å². The lowest BCUT2D eigenvalue weighted by atomic mass is 10.2. The van der Waals surface area contributed by atoms with Crippen molar-refractivity contribution in [1.29, 1.82) is 0 Å². The van der Waals surface area contributed by atoms with Crippen LogP contribution in [0.3, 0.4) is 0 Å². The van der Waals surface area contributed by atoms with Crippen LogP contribution < -0.4 is 5.32 Å². The number of thiol groups is 1. The fourth-order valence-electron chi connectivity index (χ4n) is 1.39. The first-order chi connectivity index (χ1) is 8.15. The van der Waals surface area contributed by atoms with Crippen molar-refractivity contribution in [3.05, 3.63) is 59.9 Å². The summed E-state index contributed by atoms with van der Waals surface area (Å²) in [6.07, 6.45) is 0. The van der Waals surface area contributed by atoms with Gasteiger partial charge in [-0.3, -0.25) is 4.79 Å². The summed E-state index contributed by atoms with van der Waals surface area (Å²) >= 11 is 4.18. The molecule has 0 aliphatic heterocycles. The average molecular weight is 247 g/mol. The van der Waals surface area contributed by atoms with E-state index >= 15 is 0 Å². The summed E-state index contributed by atoms with van der Waals surface area (Å²) < 4.78 is 12.7. The van der Waals surface area contributed by atoms with Gasteiger partial charge in [0.1, 0.15) is 5.82 Å². The van der Waals surface area contributed by atoms with E-state index in [1.54, 1.807) is 18.2 Å². The Morgan fingerprint density at radius 3 is 2.47 bits per heavy atom. The quantitative estimate of drug-likeness (QED) is 0.783. The minimum atomic E-state index is -0.362. The highest BCUT2D eigenvalue weighted by atomic mass is 32.1. The van der Waals surface area contributed by atoms with Crippen LogP contribution in [0, 0.1) is 5.82 Å². The van der Waals surface area contributed by atoms with Gasteiger partial charge in [0, 0.05) is 16.1 Å². The number of benzene rings is 2. The summed E-state index contributed by atoms with van der Waals surface area (Å²) in [4.78, 5) is 12.5. The third-order valence-electron chi connectivity index (χ3n) is 2.21. The van der Waals surface area contributed by atoms with Gasteiger partial charge < -0.3 is 5.32 Å². The van der Waals surface area contributed by atoms with Gasteiger partial charge in [0.2, 0.25) is 0 Å². The molecule has 0 bridgehead atoms. The molecule has 0 radical (unpaired) electrons. The molecule has 2 nitrogen and oxygen atoms in total. The normalized spacial score (nSPS) is 10.0. The predicted molar refractivity (Wildman–Crippen MR) is 68.0 cm³/mol. The largest absolute Gasteiger partial charge is 0.322 e. The SMILES string of the molecule is O=C(Nc1cccc(S)c1)c1ccc(F)cc1. The van der Waals surface area contributed by atoms with Gasteiger partial charge in [-0.15, -0.1) is 12.6 Å². The minimum absolute atomic E-state index is 0.274. The van der Waals surface area contributed by atoms with Crippen LogP contribution in [-0.4, -0.2) is 5.91 Å². The number of carbonyl (C=O) groups excluding carboxylic acids is 1. The fourth-order valence-corrected chi connectivity index (χ4v) is 1.61. The van der Waals surface area contributed by atoms with Gasteiger partial charge in [-0.25, -0.2) is 4.39 Å². The van der Waals surface area contributed by atoms with E-state index in [-0.39, 0.29) is 11.7 Å². The zero-order chi connectivity index (χ0) is 12.3. The first kappa shape index (κ1) is 11.7. The number of halogens is 1. The Bertz CT molecular complexity index is 539. The van der Waals surface area contributed by atoms with E-state index in [1.165, 1.54) is 24.3 Å². The van der Waals surface area contributed by atoms with Gasteiger partial charge >= 0.3 is 0 Å². The molecule has 2 aromatic carbocycles. The summed E-state index contributed by atoms with van der Waals surface area (Å²) in [5, 5.41) is 2.71. The van der Waals surface area contributed by atoms with Crippen molar-refractivity contribution in [3.8, 4) is 0 Å². The number of hydrogen-bond acceptors (Lipinski definition) is 2. The van der Waals surface area contributed by atoms with Crippen LogP contribution in [0.1, 0.15) is 10.4 Å². The van der Waals surface area contributed by atoms with Crippen molar-refractivity contribution >= 4 is 24.2 Å². The van der Waals surface area contributed by atoms with Crippen LogP contribution in [0.25, 0.3) is 0 Å². The third-order valence-corrected chi connectivity index (χ3v) is 2.49. The molecule has 0 saturated carbocycles. The lowest BCUT2D eigenvalue weighted by molar-refractivity contribution is 0.102. The molecule has 17 heavy (non-hydrogen) atoms. The molecule has 1 amide bonds. The smallest absolute Gasteiger partial charge is 0.255 e. The molecule has 4 heteroatoms. The Kier molecular flexibility index (Phi) is 3.44. The third kappa shape index (κ3) is 3.07. The van der Waals surface area contributed by atoms with Crippen LogP contribution >= 0.6 is 12.6 Å². The first-order valence-corrected chi connectivity index (χ1v) is 5.46. The van der Waals surface area contributed by atoms with Gasteiger partial charge in [-0.1, -0.05) is 6.07 Å². The Morgan fingerprint density at radius 1 is 1.12 bits per heavy atom. The van der Waals surface area contributed by atoms with Crippen LogP contribution in [-0.2, 0) is 0 Å². The highest BCUT2D eigenvalue weighted by molar-refractivity contribution is 7.80. The zero-order valence-corrected chi connectivity index (χ0v) is 9.75. The molecule has 0 saturated heterocycles. The highest BCUT2D eigenvalue weighted by Gasteiger charge is 2.05. The summed E-state index contributed by atoms with van der Waals surface area (Å²) in [5.41, 5.74) is 1.07. The molecule has 0 heterocycles. The second-order valence-electron chi connectivity index (χ2n) is 3.51. The molecule has 0 aliphatic carbocycles. The Labute approximate surface area is 104 Å². The summed E-state index contributed by atoms with van der Waals surface area (Å²) in [7, 11) is 0. The van der Waals surface area contributed by atoms with E-state index in [0.717, 1.165) is 4.90 Å². The molecule has 0 fully saturated rings. The van der Waals surface area contributed by atoms with Crippen LogP contribution in [0.4, 0.5) is 10.1 Å². The number of amides is 1. The molecule has 2 rings (SSSR count). The van der Waals surface area contributed by atoms with E-state index < -0.39 is 0 Å². The van der Waals surface area contributed by atoms with Gasteiger partial charge in [-0.2, -0.15) is 0 Å². The number of rotatable bonds is 2. The van der Waals surface area contributed by atoms with Gasteiger partial charge in [0.15, 0.2) is 0 Å². The maximum absolute atomic E-state index is 12.7. The lowest BCUT2D eigenvalue weighted by Gasteiger charge is -2.05. The molecule has 1 N–H and O–H groups in total. The summed E-state index contributed by atoms with van der Waals surface area (Å²) in [6.45, 7) is 0. The molecule has 2 aromatic rings. The molecule has 0 unspecified atom stereocenters. The molecule has 0 aromatic heterocycles. The monoisotopic (exact) mass is 247 g/mol.